The van der Waals surface area contributed by atoms with E-state index >= 15 is 0 Å². The molecule has 0 radical (unpaired) electrons. The van der Waals surface area contributed by atoms with Crippen molar-refractivity contribution in [3.05, 3.63) is 54.1 Å². The monoisotopic (exact) mass is 423 g/mol. The molecule has 9 heteroatoms. The largest absolute Gasteiger partial charge is 0.416 e. The first-order valence-corrected chi connectivity index (χ1v) is 9.76. The molecular formula is C20H20F3N3O2S. The minimum atomic E-state index is -4.46. The zero-order chi connectivity index (χ0) is 21.0. The number of carbonyl (C=O) groups is 1. The summed E-state index contributed by atoms with van der Waals surface area (Å²) in [6, 6.07) is 12.2. The summed E-state index contributed by atoms with van der Waals surface area (Å²) in [6.07, 6.45) is -4.46. The number of hydrogen-bond donors (Lipinski definition) is 1. The number of thioether (sulfide) groups is 1. The van der Waals surface area contributed by atoms with E-state index in [1.54, 1.807) is 14.0 Å². The molecule has 1 heterocycles. The number of benzene rings is 2. The van der Waals surface area contributed by atoms with Gasteiger partial charge in [0.1, 0.15) is 0 Å². The van der Waals surface area contributed by atoms with Gasteiger partial charge < -0.3 is 14.6 Å². The highest BCUT2D eigenvalue weighted by atomic mass is 32.2. The number of halogens is 3. The van der Waals surface area contributed by atoms with E-state index in [0.717, 1.165) is 23.2 Å². The van der Waals surface area contributed by atoms with Crippen LogP contribution in [0.1, 0.15) is 12.5 Å². The molecule has 0 spiro atoms. The molecule has 0 saturated heterocycles. The van der Waals surface area contributed by atoms with Crippen molar-refractivity contribution in [1.82, 2.24) is 9.55 Å². The van der Waals surface area contributed by atoms with Gasteiger partial charge in [-0.15, -0.1) is 0 Å². The van der Waals surface area contributed by atoms with Crippen molar-refractivity contribution < 1.29 is 22.7 Å². The molecule has 0 aliphatic rings. The molecule has 0 fully saturated rings. The molecule has 1 aromatic heterocycles. The maximum Gasteiger partial charge on any atom is 0.416 e. The average molecular weight is 423 g/mol. The Morgan fingerprint density at radius 2 is 2.00 bits per heavy atom. The molecule has 154 valence electrons. The molecule has 29 heavy (non-hydrogen) atoms. The first-order valence-electron chi connectivity index (χ1n) is 8.88. The number of para-hydroxylation sites is 2. The lowest BCUT2D eigenvalue weighted by Crippen LogP contribution is -2.23. The number of nitrogens with zero attached hydrogens (tertiary/aromatic N) is 2. The summed E-state index contributed by atoms with van der Waals surface area (Å²) >= 11 is 1.25. The Labute approximate surface area is 170 Å². The molecule has 3 aromatic rings. The van der Waals surface area contributed by atoms with Gasteiger partial charge in [-0.05, 0) is 37.3 Å². The Morgan fingerprint density at radius 1 is 1.24 bits per heavy atom. The van der Waals surface area contributed by atoms with E-state index in [4.69, 9.17) is 4.74 Å². The van der Waals surface area contributed by atoms with E-state index in [1.807, 2.05) is 28.8 Å². The van der Waals surface area contributed by atoms with Gasteiger partial charge >= 0.3 is 6.18 Å². The van der Waals surface area contributed by atoms with E-state index in [1.165, 1.54) is 23.9 Å². The summed E-state index contributed by atoms with van der Waals surface area (Å²) in [7, 11) is 1.61. The molecule has 1 atom stereocenters. The molecule has 1 N–H and O–H groups in total. The Kier molecular flexibility index (Phi) is 6.49. The number of nitrogens with one attached hydrogen (secondary N) is 1. The zero-order valence-corrected chi connectivity index (χ0v) is 16.7. The zero-order valence-electron chi connectivity index (χ0n) is 15.9. The van der Waals surface area contributed by atoms with Crippen molar-refractivity contribution in [3.8, 4) is 0 Å². The van der Waals surface area contributed by atoms with Gasteiger partial charge in [0.05, 0.1) is 28.5 Å². The van der Waals surface area contributed by atoms with Crippen molar-refractivity contribution in [3.63, 3.8) is 0 Å². The second kappa shape index (κ2) is 8.87. The predicted molar refractivity (Wildman–Crippen MR) is 107 cm³/mol. The number of anilines is 1. The number of methoxy groups -OCH3 is 1. The number of carbonyl (C=O) groups excluding carboxylic acids is 1. The maximum absolute atomic E-state index is 12.9. The third-order valence-corrected chi connectivity index (χ3v) is 5.34. The third-order valence-electron chi connectivity index (χ3n) is 4.25. The van der Waals surface area contributed by atoms with Crippen LogP contribution in [0, 0.1) is 0 Å². The quantitative estimate of drug-likeness (QED) is 0.554. The van der Waals surface area contributed by atoms with Gasteiger partial charge in [0.15, 0.2) is 5.16 Å². The topological polar surface area (TPSA) is 56.1 Å². The first kappa shape index (κ1) is 21.2. The summed E-state index contributed by atoms with van der Waals surface area (Å²) in [6.45, 7) is 2.74. The van der Waals surface area contributed by atoms with Crippen molar-refractivity contribution in [2.45, 2.75) is 30.1 Å². The highest BCUT2D eigenvalue weighted by Crippen LogP contribution is 2.31. The molecular weight excluding hydrogens is 403 g/mol. The molecule has 3 rings (SSSR count). The number of rotatable bonds is 7. The Morgan fingerprint density at radius 3 is 2.72 bits per heavy atom. The third kappa shape index (κ3) is 5.10. The van der Waals surface area contributed by atoms with Crippen LogP contribution < -0.4 is 5.32 Å². The fourth-order valence-electron chi connectivity index (χ4n) is 2.77. The van der Waals surface area contributed by atoms with Crippen LogP contribution in [0.5, 0.6) is 0 Å². The van der Waals surface area contributed by atoms with E-state index < -0.39 is 22.9 Å². The van der Waals surface area contributed by atoms with Crippen LogP contribution in [0.15, 0.2) is 53.7 Å². The number of imidazole rings is 1. The number of amides is 1. The smallest absolute Gasteiger partial charge is 0.383 e. The molecule has 0 saturated carbocycles. The molecule has 5 nitrogen and oxygen atoms in total. The molecule has 0 bridgehead atoms. The molecule has 0 unspecified atom stereocenters. The van der Waals surface area contributed by atoms with Crippen molar-refractivity contribution in [2.75, 3.05) is 19.0 Å². The Hall–Kier alpha value is -2.52. The lowest BCUT2D eigenvalue weighted by molar-refractivity contribution is -0.137. The van der Waals surface area contributed by atoms with Crippen LogP contribution in [0.25, 0.3) is 11.0 Å². The van der Waals surface area contributed by atoms with Crippen LogP contribution in [0.3, 0.4) is 0 Å². The lowest BCUT2D eigenvalue weighted by atomic mass is 10.2. The van der Waals surface area contributed by atoms with Crippen LogP contribution >= 0.6 is 11.8 Å². The highest BCUT2D eigenvalue weighted by molar-refractivity contribution is 8.00. The summed E-state index contributed by atoms with van der Waals surface area (Å²) in [5, 5.41) is 2.63. The second-order valence-corrected chi connectivity index (χ2v) is 7.66. The second-order valence-electron chi connectivity index (χ2n) is 6.36. The number of aromatic nitrogens is 2. The van der Waals surface area contributed by atoms with Crippen molar-refractivity contribution >= 4 is 34.4 Å². The normalized spacial score (nSPS) is 12.9. The van der Waals surface area contributed by atoms with Crippen LogP contribution in [0.4, 0.5) is 18.9 Å². The molecule has 2 aromatic carbocycles. The minimum Gasteiger partial charge on any atom is -0.383 e. The SMILES string of the molecule is COCCn1c(S[C@@H](C)C(=O)Nc2cccc(C(F)(F)F)c2)nc2ccccc21. The van der Waals surface area contributed by atoms with Crippen LogP contribution in [0.2, 0.25) is 0 Å². The number of fused-ring (bicyclic) bond motifs is 1. The molecule has 0 aliphatic carbocycles. The predicted octanol–water partition coefficient (Wildman–Crippen LogP) is 4.82. The van der Waals surface area contributed by atoms with Crippen molar-refractivity contribution in [1.29, 1.82) is 0 Å². The van der Waals surface area contributed by atoms with Gasteiger partial charge in [-0.25, -0.2) is 4.98 Å². The van der Waals surface area contributed by atoms with Gasteiger partial charge in [-0.3, -0.25) is 4.79 Å². The fourth-order valence-corrected chi connectivity index (χ4v) is 3.72. The number of ether oxygens (including phenoxy) is 1. The summed E-state index contributed by atoms with van der Waals surface area (Å²) in [4.78, 5) is 17.1. The van der Waals surface area contributed by atoms with Gasteiger partial charge in [0, 0.05) is 19.3 Å². The maximum atomic E-state index is 12.9. The van der Waals surface area contributed by atoms with Crippen LogP contribution in [-0.4, -0.2) is 34.4 Å². The van der Waals surface area contributed by atoms with Crippen molar-refractivity contribution in [2.24, 2.45) is 0 Å². The van der Waals surface area contributed by atoms with E-state index in [2.05, 4.69) is 10.3 Å². The summed E-state index contributed by atoms with van der Waals surface area (Å²) in [5.41, 5.74) is 1.02. The summed E-state index contributed by atoms with van der Waals surface area (Å²) in [5.74, 6) is -0.403. The first-order chi connectivity index (χ1) is 13.8. The number of hydrogen-bond acceptors (Lipinski definition) is 4. The van der Waals surface area contributed by atoms with Gasteiger partial charge in [-0.2, -0.15) is 13.2 Å². The number of alkyl halides is 3. The summed E-state index contributed by atoms with van der Waals surface area (Å²) < 4.78 is 45.7. The van der Waals surface area contributed by atoms with E-state index in [-0.39, 0.29) is 5.69 Å². The Bertz CT molecular complexity index is 1000. The Balaban J connectivity index is 1.76. The van der Waals surface area contributed by atoms with Gasteiger partial charge in [0.25, 0.3) is 0 Å². The van der Waals surface area contributed by atoms with E-state index in [9.17, 15) is 18.0 Å². The van der Waals surface area contributed by atoms with Gasteiger partial charge in [-0.1, -0.05) is 30.0 Å². The average Bonchev–Trinajstić information content (AvgIpc) is 3.02. The van der Waals surface area contributed by atoms with Gasteiger partial charge in [0.2, 0.25) is 5.91 Å². The lowest BCUT2D eigenvalue weighted by Gasteiger charge is -2.14. The fraction of sp³-hybridized carbons (Fsp3) is 0.300. The minimum absolute atomic E-state index is 0.102. The molecule has 1 amide bonds. The van der Waals surface area contributed by atoms with E-state index in [0.29, 0.717) is 18.3 Å². The molecule has 0 aliphatic heterocycles. The van der Waals surface area contributed by atoms with Crippen LogP contribution in [-0.2, 0) is 22.3 Å². The highest BCUT2D eigenvalue weighted by Gasteiger charge is 2.30. The standard InChI is InChI=1S/C20H20F3N3O2S/c1-13(18(27)24-15-7-5-6-14(12-15)20(21,22)23)29-19-25-16-8-3-4-9-17(16)26(19)10-11-28-2/h3-9,12-13H,10-11H2,1-2H3,(H,24,27)/t13-/m0/s1.